The van der Waals surface area contributed by atoms with Crippen LogP contribution in [-0.4, -0.2) is 21.1 Å². The van der Waals surface area contributed by atoms with Gasteiger partial charge in [-0.1, -0.05) is 30.3 Å². The van der Waals surface area contributed by atoms with E-state index in [1.807, 2.05) is 42.6 Å². The molecule has 6 nitrogen and oxygen atoms in total. The first-order chi connectivity index (χ1) is 10.6. The van der Waals surface area contributed by atoms with Gasteiger partial charge in [-0.3, -0.25) is 9.89 Å². The number of amides is 1. The number of carbonyl (C=O) groups excluding carboxylic acids is 1. The zero-order valence-electron chi connectivity index (χ0n) is 11.9. The molecule has 0 saturated heterocycles. The van der Waals surface area contributed by atoms with E-state index >= 15 is 0 Å². The normalized spacial score (nSPS) is 12.0. The highest BCUT2D eigenvalue weighted by atomic mass is 32.1. The van der Waals surface area contributed by atoms with Gasteiger partial charge in [0.25, 0.3) is 5.91 Å². The van der Waals surface area contributed by atoms with Crippen molar-refractivity contribution in [3.63, 3.8) is 0 Å². The number of nitrogen functional groups attached to an aromatic ring is 1. The molecule has 0 aliphatic rings. The van der Waals surface area contributed by atoms with Crippen LogP contribution in [0.1, 0.15) is 29.0 Å². The number of carbonyl (C=O) groups is 1. The van der Waals surface area contributed by atoms with Gasteiger partial charge >= 0.3 is 0 Å². The lowest BCUT2D eigenvalue weighted by atomic mass is 10.1. The minimum Gasteiger partial charge on any atom is -0.375 e. The summed E-state index contributed by atoms with van der Waals surface area (Å²) in [5.74, 6) is -0.202. The van der Waals surface area contributed by atoms with E-state index in [1.165, 1.54) is 17.5 Å². The molecule has 7 heteroatoms. The maximum Gasteiger partial charge on any atom is 0.255 e. The fraction of sp³-hybridized carbons (Fsp3) is 0.133. The molecule has 0 bridgehead atoms. The number of anilines is 1. The second-order valence-corrected chi connectivity index (χ2v) is 5.72. The summed E-state index contributed by atoms with van der Waals surface area (Å²) in [6, 6.07) is 9.38. The molecule has 1 atom stereocenters. The van der Waals surface area contributed by atoms with Crippen LogP contribution in [0.15, 0.2) is 41.9 Å². The Bertz CT molecular complexity index is 780. The predicted octanol–water partition coefficient (Wildman–Crippen LogP) is 2.61. The number of nitrogens with two attached hydrogens (primary N) is 1. The number of hydrogen-bond donors (Lipinski definition) is 3. The third-order valence-corrected chi connectivity index (χ3v) is 3.97. The number of hydrogen-bond acceptors (Lipinski definition) is 5. The van der Waals surface area contributed by atoms with Crippen molar-refractivity contribution in [2.45, 2.75) is 13.0 Å². The molecular weight excluding hydrogens is 298 g/mol. The highest BCUT2D eigenvalue weighted by Gasteiger charge is 2.18. The zero-order chi connectivity index (χ0) is 15.5. The number of nitrogens with zero attached hydrogens (tertiary/aromatic N) is 2. The second kappa shape index (κ2) is 5.98. The summed E-state index contributed by atoms with van der Waals surface area (Å²) in [6.07, 6.45) is 1.53. The van der Waals surface area contributed by atoms with Gasteiger partial charge in [0.1, 0.15) is 0 Å². The van der Waals surface area contributed by atoms with Gasteiger partial charge in [0, 0.05) is 10.9 Å². The van der Waals surface area contributed by atoms with Gasteiger partial charge in [-0.15, -0.1) is 11.3 Å². The van der Waals surface area contributed by atoms with Gasteiger partial charge in [0.2, 0.25) is 0 Å². The van der Waals surface area contributed by atoms with E-state index in [0.29, 0.717) is 16.4 Å². The molecule has 22 heavy (non-hydrogen) atoms. The number of aromatic amines is 1. The van der Waals surface area contributed by atoms with Crippen LogP contribution in [0, 0.1) is 0 Å². The molecule has 1 amide bonds. The van der Waals surface area contributed by atoms with E-state index in [2.05, 4.69) is 20.5 Å². The number of thiazole rings is 1. The molecule has 3 aromatic rings. The van der Waals surface area contributed by atoms with Crippen molar-refractivity contribution in [3.8, 4) is 11.3 Å². The first kappa shape index (κ1) is 14.3. The van der Waals surface area contributed by atoms with Crippen LogP contribution in [0.3, 0.4) is 0 Å². The van der Waals surface area contributed by atoms with Crippen LogP contribution in [0.4, 0.5) is 5.13 Å². The molecule has 2 heterocycles. The molecule has 2 aromatic heterocycles. The van der Waals surface area contributed by atoms with Gasteiger partial charge in [0.05, 0.1) is 29.2 Å². The number of benzene rings is 1. The molecule has 0 saturated carbocycles. The van der Waals surface area contributed by atoms with Gasteiger partial charge in [-0.2, -0.15) is 5.10 Å². The monoisotopic (exact) mass is 313 g/mol. The van der Waals surface area contributed by atoms with E-state index in [-0.39, 0.29) is 11.9 Å². The lowest BCUT2D eigenvalue weighted by Crippen LogP contribution is -2.27. The van der Waals surface area contributed by atoms with Crippen molar-refractivity contribution < 1.29 is 4.79 Å². The smallest absolute Gasteiger partial charge is 0.255 e. The molecule has 0 aliphatic heterocycles. The highest BCUT2D eigenvalue weighted by Crippen LogP contribution is 2.22. The Balaban J connectivity index is 1.80. The fourth-order valence-corrected chi connectivity index (χ4v) is 2.79. The van der Waals surface area contributed by atoms with Crippen LogP contribution in [0.25, 0.3) is 11.3 Å². The van der Waals surface area contributed by atoms with Crippen molar-refractivity contribution in [1.82, 2.24) is 20.5 Å². The Morgan fingerprint density at radius 1 is 1.36 bits per heavy atom. The Morgan fingerprint density at radius 3 is 2.82 bits per heavy atom. The minimum atomic E-state index is -0.223. The quantitative estimate of drug-likeness (QED) is 0.689. The van der Waals surface area contributed by atoms with E-state index in [9.17, 15) is 4.79 Å². The number of nitrogens with one attached hydrogen (secondary N) is 2. The topological polar surface area (TPSA) is 96.7 Å². The maximum absolute atomic E-state index is 12.5. The summed E-state index contributed by atoms with van der Waals surface area (Å²) in [4.78, 5) is 16.6. The van der Waals surface area contributed by atoms with E-state index in [4.69, 9.17) is 5.73 Å². The van der Waals surface area contributed by atoms with Crippen LogP contribution < -0.4 is 11.1 Å². The van der Waals surface area contributed by atoms with E-state index in [1.54, 1.807) is 0 Å². The zero-order valence-corrected chi connectivity index (χ0v) is 12.7. The first-order valence-electron chi connectivity index (χ1n) is 6.75. The SMILES string of the molecule is CC(NC(=O)c1cn[nH]c1-c1ccccc1)c1csc(N)n1. The number of rotatable bonds is 4. The molecule has 3 rings (SSSR count). The molecule has 1 aromatic carbocycles. The molecule has 4 N–H and O–H groups in total. The Labute approximate surface area is 131 Å². The number of aromatic nitrogens is 3. The van der Waals surface area contributed by atoms with Crippen molar-refractivity contribution >= 4 is 22.4 Å². The molecule has 0 radical (unpaired) electrons. The summed E-state index contributed by atoms with van der Waals surface area (Å²) >= 11 is 1.35. The second-order valence-electron chi connectivity index (χ2n) is 4.83. The molecule has 1 unspecified atom stereocenters. The van der Waals surface area contributed by atoms with Gasteiger partial charge in [0.15, 0.2) is 5.13 Å². The van der Waals surface area contributed by atoms with Crippen LogP contribution in [-0.2, 0) is 0 Å². The first-order valence-corrected chi connectivity index (χ1v) is 7.63. The highest BCUT2D eigenvalue weighted by molar-refractivity contribution is 7.13. The molecule has 0 fully saturated rings. The Kier molecular flexibility index (Phi) is 3.88. The summed E-state index contributed by atoms with van der Waals surface area (Å²) in [5.41, 5.74) is 8.48. The third-order valence-electron chi connectivity index (χ3n) is 3.28. The lowest BCUT2D eigenvalue weighted by Gasteiger charge is -2.11. The van der Waals surface area contributed by atoms with Crippen molar-refractivity contribution in [3.05, 3.63) is 53.2 Å². The lowest BCUT2D eigenvalue weighted by molar-refractivity contribution is 0.0940. The molecular formula is C15H15N5OS. The summed E-state index contributed by atoms with van der Waals surface area (Å²) in [7, 11) is 0. The van der Waals surface area contributed by atoms with Crippen molar-refractivity contribution in [2.24, 2.45) is 0 Å². The van der Waals surface area contributed by atoms with Crippen molar-refractivity contribution in [2.75, 3.05) is 5.73 Å². The van der Waals surface area contributed by atoms with Crippen LogP contribution >= 0.6 is 11.3 Å². The average molecular weight is 313 g/mol. The summed E-state index contributed by atoms with van der Waals surface area (Å²) in [5, 5.41) is 12.1. The minimum absolute atomic E-state index is 0.202. The molecule has 0 aliphatic carbocycles. The van der Waals surface area contributed by atoms with Gasteiger partial charge in [-0.25, -0.2) is 4.98 Å². The Hall–Kier alpha value is -2.67. The average Bonchev–Trinajstić information content (AvgIpc) is 3.16. The van der Waals surface area contributed by atoms with E-state index < -0.39 is 0 Å². The fourth-order valence-electron chi connectivity index (χ4n) is 2.13. The molecule has 112 valence electrons. The third kappa shape index (κ3) is 2.84. The van der Waals surface area contributed by atoms with Crippen LogP contribution in [0.2, 0.25) is 0 Å². The standard InChI is InChI=1S/C15H15N5OS/c1-9(12-8-22-15(16)19-12)18-14(21)11-7-17-20-13(11)10-5-3-2-4-6-10/h2-9H,1H3,(H2,16,19)(H,17,20)(H,18,21). The van der Waals surface area contributed by atoms with Crippen molar-refractivity contribution in [1.29, 1.82) is 0 Å². The van der Waals surface area contributed by atoms with Gasteiger partial charge < -0.3 is 11.1 Å². The summed E-state index contributed by atoms with van der Waals surface area (Å²) in [6.45, 7) is 1.87. The largest absolute Gasteiger partial charge is 0.375 e. The summed E-state index contributed by atoms with van der Waals surface area (Å²) < 4.78 is 0. The van der Waals surface area contributed by atoms with Crippen LogP contribution in [0.5, 0.6) is 0 Å². The van der Waals surface area contributed by atoms with Gasteiger partial charge in [-0.05, 0) is 6.92 Å². The predicted molar refractivity (Wildman–Crippen MR) is 86.4 cm³/mol. The van der Waals surface area contributed by atoms with E-state index in [0.717, 1.165) is 11.3 Å². The molecule has 0 spiro atoms. The number of H-pyrrole nitrogens is 1. The Morgan fingerprint density at radius 2 is 2.14 bits per heavy atom. The maximum atomic E-state index is 12.5.